The summed E-state index contributed by atoms with van der Waals surface area (Å²) in [7, 11) is 0. The van der Waals surface area contributed by atoms with Gasteiger partial charge in [0.25, 0.3) is 0 Å². The molecular formula is C14H21N3O3. The van der Waals surface area contributed by atoms with Crippen LogP contribution in [0.5, 0.6) is 0 Å². The van der Waals surface area contributed by atoms with Gasteiger partial charge in [0.2, 0.25) is 0 Å². The zero-order valence-electron chi connectivity index (χ0n) is 12.0. The van der Waals surface area contributed by atoms with Crippen molar-refractivity contribution in [3.63, 3.8) is 0 Å². The van der Waals surface area contributed by atoms with Gasteiger partial charge in [-0.25, -0.2) is 4.79 Å². The second-order valence-corrected chi connectivity index (χ2v) is 5.05. The number of hydrogen-bond acceptors (Lipinski definition) is 3. The van der Waals surface area contributed by atoms with E-state index >= 15 is 0 Å². The lowest BCUT2D eigenvalue weighted by Crippen LogP contribution is -2.45. The van der Waals surface area contributed by atoms with E-state index < -0.39 is 11.4 Å². The number of nitrogens with zero attached hydrogens (tertiary/aromatic N) is 1. The molecule has 110 valence electrons. The number of nitrogens with one attached hydrogen (secondary N) is 2. The van der Waals surface area contributed by atoms with Crippen LogP contribution in [0.1, 0.15) is 38.8 Å². The SMILES string of the molecule is CCC(C)(CNC(=O)NC(C)c1cccnc1)C(=O)O. The summed E-state index contributed by atoms with van der Waals surface area (Å²) in [6.45, 7) is 5.32. The molecule has 0 saturated carbocycles. The Morgan fingerprint density at radius 2 is 2.20 bits per heavy atom. The van der Waals surface area contributed by atoms with E-state index in [0.717, 1.165) is 5.56 Å². The Morgan fingerprint density at radius 1 is 1.50 bits per heavy atom. The van der Waals surface area contributed by atoms with Gasteiger partial charge in [-0.2, -0.15) is 0 Å². The maximum Gasteiger partial charge on any atom is 0.315 e. The lowest BCUT2D eigenvalue weighted by atomic mass is 9.88. The van der Waals surface area contributed by atoms with E-state index in [0.29, 0.717) is 6.42 Å². The van der Waals surface area contributed by atoms with Crippen molar-refractivity contribution >= 4 is 12.0 Å². The second kappa shape index (κ2) is 6.88. The molecule has 1 aromatic rings. The number of carboxylic acids is 1. The van der Waals surface area contributed by atoms with Crippen molar-refractivity contribution in [3.8, 4) is 0 Å². The maximum absolute atomic E-state index is 11.8. The van der Waals surface area contributed by atoms with Gasteiger partial charge in [0.15, 0.2) is 0 Å². The predicted molar refractivity (Wildman–Crippen MR) is 75.2 cm³/mol. The standard InChI is InChI=1S/C14H21N3O3/c1-4-14(3,12(18)19)9-16-13(20)17-10(2)11-6-5-7-15-8-11/h5-8,10H,4,9H2,1-3H3,(H,18,19)(H2,16,17,20). The molecule has 0 bridgehead atoms. The third kappa shape index (κ3) is 4.22. The number of amides is 2. The third-order valence-electron chi connectivity index (χ3n) is 3.47. The highest BCUT2D eigenvalue weighted by atomic mass is 16.4. The molecule has 6 nitrogen and oxygen atoms in total. The minimum absolute atomic E-state index is 0.0877. The Labute approximate surface area is 118 Å². The van der Waals surface area contributed by atoms with E-state index in [1.165, 1.54) is 0 Å². The lowest BCUT2D eigenvalue weighted by Gasteiger charge is -2.24. The summed E-state index contributed by atoms with van der Waals surface area (Å²) in [4.78, 5) is 26.9. The molecule has 1 aromatic heterocycles. The van der Waals surface area contributed by atoms with Crippen molar-refractivity contribution in [1.82, 2.24) is 15.6 Å². The van der Waals surface area contributed by atoms with Crippen molar-refractivity contribution < 1.29 is 14.7 Å². The molecule has 1 heterocycles. The van der Waals surface area contributed by atoms with Gasteiger partial charge in [0.05, 0.1) is 11.5 Å². The zero-order chi connectivity index (χ0) is 15.2. The van der Waals surface area contributed by atoms with E-state index in [1.807, 2.05) is 13.0 Å². The molecule has 0 aromatic carbocycles. The van der Waals surface area contributed by atoms with Gasteiger partial charge in [-0.15, -0.1) is 0 Å². The van der Waals surface area contributed by atoms with Crippen LogP contribution in [0.4, 0.5) is 4.79 Å². The summed E-state index contributed by atoms with van der Waals surface area (Å²) < 4.78 is 0. The van der Waals surface area contributed by atoms with Crippen LogP contribution in [0.15, 0.2) is 24.5 Å². The predicted octanol–water partition coefficient (Wildman–Crippen LogP) is 1.94. The van der Waals surface area contributed by atoms with Gasteiger partial charge in [-0.3, -0.25) is 9.78 Å². The first kappa shape index (κ1) is 15.9. The number of carbonyl (C=O) groups excluding carboxylic acids is 1. The van der Waals surface area contributed by atoms with Crippen molar-refractivity contribution in [2.75, 3.05) is 6.54 Å². The molecular weight excluding hydrogens is 258 g/mol. The molecule has 3 N–H and O–H groups in total. The van der Waals surface area contributed by atoms with Crippen molar-refractivity contribution in [2.45, 2.75) is 33.2 Å². The number of rotatable bonds is 6. The number of aromatic nitrogens is 1. The highest BCUT2D eigenvalue weighted by Gasteiger charge is 2.31. The zero-order valence-corrected chi connectivity index (χ0v) is 12.0. The van der Waals surface area contributed by atoms with Crippen LogP contribution >= 0.6 is 0 Å². The molecule has 6 heteroatoms. The number of urea groups is 1. The van der Waals surface area contributed by atoms with Crippen molar-refractivity contribution in [1.29, 1.82) is 0 Å². The minimum Gasteiger partial charge on any atom is -0.481 e. The molecule has 0 spiro atoms. The second-order valence-electron chi connectivity index (χ2n) is 5.05. The number of carboxylic acid groups (broad SMARTS) is 1. The molecule has 0 aliphatic carbocycles. The van der Waals surface area contributed by atoms with Crippen molar-refractivity contribution in [3.05, 3.63) is 30.1 Å². The van der Waals surface area contributed by atoms with E-state index in [4.69, 9.17) is 5.11 Å². The summed E-state index contributed by atoms with van der Waals surface area (Å²) in [6, 6.07) is 3.08. The topological polar surface area (TPSA) is 91.3 Å². The third-order valence-corrected chi connectivity index (χ3v) is 3.47. The van der Waals surface area contributed by atoms with Crippen molar-refractivity contribution in [2.24, 2.45) is 5.41 Å². The average molecular weight is 279 g/mol. The molecule has 2 amide bonds. The Balaban J connectivity index is 2.50. The molecule has 0 radical (unpaired) electrons. The highest BCUT2D eigenvalue weighted by Crippen LogP contribution is 2.19. The normalized spacial score (nSPS) is 14.9. The molecule has 1 rings (SSSR count). The number of aliphatic carboxylic acids is 1. The van der Waals surface area contributed by atoms with E-state index in [9.17, 15) is 9.59 Å². The smallest absolute Gasteiger partial charge is 0.315 e. The fraction of sp³-hybridized carbons (Fsp3) is 0.500. The maximum atomic E-state index is 11.8. The molecule has 2 atom stereocenters. The van der Waals surface area contributed by atoms with Crippen LogP contribution in [0, 0.1) is 5.41 Å². The first-order chi connectivity index (χ1) is 9.39. The van der Waals surface area contributed by atoms with Gasteiger partial charge in [-0.05, 0) is 31.9 Å². The highest BCUT2D eigenvalue weighted by molar-refractivity contribution is 5.78. The quantitative estimate of drug-likeness (QED) is 0.742. The Kier molecular flexibility index (Phi) is 5.49. The Morgan fingerprint density at radius 3 is 2.70 bits per heavy atom. The summed E-state index contributed by atoms with van der Waals surface area (Å²) >= 11 is 0. The van der Waals surface area contributed by atoms with Crippen LogP contribution in [0.25, 0.3) is 0 Å². The molecule has 0 aliphatic heterocycles. The average Bonchev–Trinajstić information content (AvgIpc) is 2.45. The van der Waals surface area contributed by atoms with Gasteiger partial charge in [0.1, 0.15) is 0 Å². The van der Waals surface area contributed by atoms with E-state index in [1.54, 1.807) is 32.3 Å². The summed E-state index contributed by atoms with van der Waals surface area (Å²) in [5.41, 5.74) is -0.0614. The first-order valence-electron chi connectivity index (χ1n) is 6.56. The van der Waals surface area contributed by atoms with Crippen LogP contribution < -0.4 is 10.6 Å². The van der Waals surface area contributed by atoms with Gasteiger partial charge in [0, 0.05) is 18.9 Å². The number of pyridine rings is 1. The van der Waals surface area contributed by atoms with E-state index in [-0.39, 0.29) is 18.6 Å². The monoisotopic (exact) mass is 279 g/mol. The van der Waals surface area contributed by atoms with Crippen LogP contribution in [-0.4, -0.2) is 28.6 Å². The Hall–Kier alpha value is -2.11. The van der Waals surface area contributed by atoms with Gasteiger partial charge < -0.3 is 15.7 Å². The summed E-state index contributed by atoms with van der Waals surface area (Å²) in [5.74, 6) is -0.916. The fourth-order valence-electron chi connectivity index (χ4n) is 1.59. The van der Waals surface area contributed by atoms with Gasteiger partial charge >= 0.3 is 12.0 Å². The Bertz CT molecular complexity index is 464. The first-order valence-corrected chi connectivity index (χ1v) is 6.56. The largest absolute Gasteiger partial charge is 0.481 e. The molecule has 20 heavy (non-hydrogen) atoms. The molecule has 0 aliphatic rings. The van der Waals surface area contributed by atoms with Crippen LogP contribution in [0.3, 0.4) is 0 Å². The number of carbonyl (C=O) groups is 2. The van der Waals surface area contributed by atoms with Crippen LogP contribution in [-0.2, 0) is 4.79 Å². The molecule has 0 saturated heterocycles. The molecule has 2 unspecified atom stereocenters. The minimum atomic E-state index is -0.950. The van der Waals surface area contributed by atoms with E-state index in [2.05, 4.69) is 15.6 Å². The summed E-state index contributed by atoms with van der Waals surface area (Å²) in [6.07, 6.45) is 3.79. The fourth-order valence-corrected chi connectivity index (χ4v) is 1.59. The summed E-state index contributed by atoms with van der Waals surface area (Å²) in [5, 5.41) is 14.5. The van der Waals surface area contributed by atoms with Gasteiger partial charge in [-0.1, -0.05) is 13.0 Å². The molecule has 0 fully saturated rings. The lowest BCUT2D eigenvalue weighted by molar-refractivity contribution is -0.147. The van der Waals surface area contributed by atoms with Crippen LogP contribution in [0.2, 0.25) is 0 Å². The number of hydrogen-bond donors (Lipinski definition) is 3.